The molecule has 0 spiro atoms. The van der Waals surface area contributed by atoms with Gasteiger partial charge in [0.1, 0.15) is 0 Å². The minimum atomic E-state index is 0.105. The van der Waals surface area contributed by atoms with Gasteiger partial charge in [-0.15, -0.1) is 0 Å². The summed E-state index contributed by atoms with van der Waals surface area (Å²) >= 11 is 0. The number of ketones is 1. The molecule has 1 N–H and O–H groups in total. The molecular formula is C18H24N4O2. The summed E-state index contributed by atoms with van der Waals surface area (Å²) < 4.78 is 5.32. The average Bonchev–Trinajstić information content (AvgIpc) is 3.09. The van der Waals surface area contributed by atoms with Crippen molar-refractivity contribution >= 4 is 5.78 Å². The molecule has 128 valence electrons. The molecule has 1 aromatic carbocycles. The van der Waals surface area contributed by atoms with E-state index in [1.165, 1.54) is 5.56 Å². The van der Waals surface area contributed by atoms with Crippen LogP contribution in [0.15, 0.2) is 28.8 Å². The van der Waals surface area contributed by atoms with Crippen LogP contribution < -0.4 is 5.32 Å². The van der Waals surface area contributed by atoms with E-state index in [2.05, 4.69) is 34.3 Å². The van der Waals surface area contributed by atoms with Gasteiger partial charge in [0, 0.05) is 38.0 Å². The standard InChI is InChI=1S/C18H24N4O2/c1-3-13-4-6-14(7-5-13)16(23)8-9-17-20-18(21-24-17)15-12-19-10-11-22(15)2/h4-7,15,19H,3,8-12H2,1-2H3. The Morgan fingerprint density at radius 3 is 2.88 bits per heavy atom. The summed E-state index contributed by atoms with van der Waals surface area (Å²) in [6, 6.07) is 7.92. The molecule has 0 radical (unpaired) electrons. The quantitative estimate of drug-likeness (QED) is 0.818. The second-order valence-corrected chi connectivity index (χ2v) is 6.22. The van der Waals surface area contributed by atoms with E-state index in [-0.39, 0.29) is 11.8 Å². The molecule has 3 rings (SSSR count). The lowest BCUT2D eigenvalue weighted by atomic mass is 10.0. The molecule has 1 unspecified atom stereocenters. The number of rotatable bonds is 6. The van der Waals surface area contributed by atoms with Gasteiger partial charge in [0.25, 0.3) is 0 Å². The summed E-state index contributed by atoms with van der Waals surface area (Å²) in [4.78, 5) is 18.9. The number of aryl methyl sites for hydroxylation is 2. The third-order valence-corrected chi connectivity index (χ3v) is 4.54. The number of likely N-dealkylation sites (N-methyl/N-ethyl adjacent to an activating group) is 1. The second-order valence-electron chi connectivity index (χ2n) is 6.22. The van der Waals surface area contributed by atoms with Gasteiger partial charge in [-0.2, -0.15) is 4.98 Å². The lowest BCUT2D eigenvalue weighted by Crippen LogP contribution is -2.44. The first-order valence-corrected chi connectivity index (χ1v) is 8.53. The van der Waals surface area contributed by atoms with E-state index >= 15 is 0 Å². The van der Waals surface area contributed by atoms with Crippen LogP contribution in [-0.4, -0.2) is 47.5 Å². The van der Waals surface area contributed by atoms with Gasteiger partial charge in [0.2, 0.25) is 5.89 Å². The predicted molar refractivity (Wildman–Crippen MR) is 91.0 cm³/mol. The maximum atomic E-state index is 12.3. The lowest BCUT2D eigenvalue weighted by molar-refractivity contribution is 0.0979. The van der Waals surface area contributed by atoms with Crippen molar-refractivity contribution < 1.29 is 9.32 Å². The first-order chi connectivity index (χ1) is 11.7. The van der Waals surface area contributed by atoms with Gasteiger partial charge in [0.05, 0.1) is 6.04 Å². The van der Waals surface area contributed by atoms with Crippen molar-refractivity contribution in [3.05, 3.63) is 47.1 Å². The molecule has 1 aromatic heterocycles. The van der Waals surface area contributed by atoms with Gasteiger partial charge in [-0.05, 0) is 19.0 Å². The molecule has 1 atom stereocenters. The van der Waals surface area contributed by atoms with Crippen molar-refractivity contribution in [1.82, 2.24) is 20.4 Å². The molecule has 6 nitrogen and oxygen atoms in total. The molecule has 1 aliphatic heterocycles. The minimum Gasteiger partial charge on any atom is -0.339 e. The summed E-state index contributed by atoms with van der Waals surface area (Å²) in [7, 11) is 2.06. The van der Waals surface area contributed by atoms with Gasteiger partial charge >= 0.3 is 0 Å². The first kappa shape index (κ1) is 16.8. The fourth-order valence-corrected chi connectivity index (χ4v) is 2.89. The third kappa shape index (κ3) is 3.88. The van der Waals surface area contributed by atoms with Crippen LogP contribution in [0.25, 0.3) is 0 Å². The van der Waals surface area contributed by atoms with Crippen LogP contribution in [0.2, 0.25) is 0 Å². The van der Waals surface area contributed by atoms with Crippen LogP contribution in [-0.2, 0) is 12.8 Å². The van der Waals surface area contributed by atoms with E-state index in [9.17, 15) is 4.79 Å². The number of carbonyl (C=O) groups excluding carboxylic acids is 1. The zero-order valence-electron chi connectivity index (χ0n) is 14.3. The Morgan fingerprint density at radius 2 is 2.17 bits per heavy atom. The number of benzene rings is 1. The van der Waals surface area contributed by atoms with Gasteiger partial charge in [0.15, 0.2) is 11.6 Å². The van der Waals surface area contributed by atoms with Gasteiger partial charge in [-0.3, -0.25) is 9.69 Å². The summed E-state index contributed by atoms with van der Waals surface area (Å²) in [5.41, 5.74) is 1.97. The van der Waals surface area contributed by atoms with Crippen molar-refractivity contribution in [3.8, 4) is 0 Å². The van der Waals surface area contributed by atoms with Crippen LogP contribution in [0.4, 0.5) is 0 Å². The molecule has 1 saturated heterocycles. The summed E-state index contributed by atoms with van der Waals surface area (Å²) in [6.45, 7) is 4.85. The van der Waals surface area contributed by atoms with Crippen molar-refractivity contribution in [3.63, 3.8) is 0 Å². The second kappa shape index (κ2) is 7.68. The lowest BCUT2D eigenvalue weighted by Gasteiger charge is -2.30. The highest BCUT2D eigenvalue weighted by Crippen LogP contribution is 2.18. The Morgan fingerprint density at radius 1 is 1.38 bits per heavy atom. The van der Waals surface area contributed by atoms with Gasteiger partial charge in [-0.1, -0.05) is 36.3 Å². The van der Waals surface area contributed by atoms with E-state index in [0.29, 0.717) is 24.6 Å². The largest absolute Gasteiger partial charge is 0.339 e. The Labute approximate surface area is 142 Å². The van der Waals surface area contributed by atoms with E-state index < -0.39 is 0 Å². The number of piperazine rings is 1. The molecule has 0 saturated carbocycles. The van der Waals surface area contributed by atoms with Crippen molar-refractivity contribution in [2.75, 3.05) is 26.7 Å². The molecule has 1 fully saturated rings. The highest BCUT2D eigenvalue weighted by molar-refractivity contribution is 5.96. The molecule has 6 heteroatoms. The molecule has 0 bridgehead atoms. The molecular weight excluding hydrogens is 304 g/mol. The number of hydrogen-bond donors (Lipinski definition) is 1. The molecule has 0 aliphatic carbocycles. The number of hydrogen-bond acceptors (Lipinski definition) is 6. The number of nitrogens with one attached hydrogen (secondary N) is 1. The zero-order valence-corrected chi connectivity index (χ0v) is 14.3. The smallest absolute Gasteiger partial charge is 0.227 e. The van der Waals surface area contributed by atoms with Crippen molar-refractivity contribution in [2.45, 2.75) is 32.2 Å². The van der Waals surface area contributed by atoms with Crippen LogP contribution >= 0.6 is 0 Å². The van der Waals surface area contributed by atoms with Crippen LogP contribution in [0.5, 0.6) is 0 Å². The highest BCUT2D eigenvalue weighted by Gasteiger charge is 2.25. The summed E-state index contributed by atoms with van der Waals surface area (Å²) in [5, 5.41) is 7.42. The Kier molecular flexibility index (Phi) is 5.37. The maximum absolute atomic E-state index is 12.3. The predicted octanol–water partition coefficient (Wildman–Crippen LogP) is 2.02. The first-order valence-electron chi connectivity index (χ1n) is 8.53. The number of Topliss-reactive ketones (excluding diaryl/α,β-unsaturated/α-hetero) is 1. The molecule has 2 aromatic rings. The van der Waals surface area contributed by atoms with Crippen LogP contribution in [0.3, 0.4) is 0 Å². The molecule has 0 amide bonds. The Bertz CT molecular complexity index is 681. The third-order valence-electron chi connectivity index (χ3n) is 4.54. The van der Waals surface area contributed by atoms with Gasteiger partial charge in [-0.25, -0.2) is 0 Å². The minimum absolute atomic E-state index is 0.105. The fourth-order valence-electron chi connectivity index (χ4n) is 2.89. The normalized spacial score (nSPS) is 18.7. The SMILES string of the molecule is CCc1ccc(C(=O)CCc2nc(C3CNCCN3C)no2)cc1. The average molecular weight is 328 g/mol. The zero-order chi connectivity index (χ0) is 16.9. The Hall–Kier alpha value is -2.05. The topological polar surface area (TPSA) is 71.3 Å². The Balaban J connectivity index is 1.57. The van der Waals surface area contributed by atoms with Crippen LogP contribution in [0.1, 0.15) is 47.0 Å². The molecule has 24 heavy (non-hydrogen) atoms. The van der Waals surface area contributed by atoms with Crippen molar-refractivity contribution in [2.24, 2.45) is 0 Å². The molecule has 2 heterocycles. The molecule has 1 aliphatic rings. The van der Waals surface area contributed by atoms with Gasteiger partial charge < -0.3 is 9.84 Å². The van der Waals surface area contributed by atoms with E-state index in [1.807, 2.05) is 24.3 Å². The van der Waals surface area contributed by atoms with E-state index in [0.717, 1.165) is 31.6 Å². The van der Waals surface area contributed by atoms with E-state index in [1.54, 1.807) is 0 Å². The fraction of sp³-hybridized carbons (Fsp3) is 0.500. The van der Waals surface area contributed by atoms with Crippen molar-refractivity contribution in [1.29, 1.82) is 0 Å². The highest BCUT2D eigenvalue weighted by atomic mass is 16.5. The number of carbonyl (C=O) groups is 1. The summed E-state index contributed by atoms with van der Waals surface area (Å²) in [6.07, 6.45) is 1.83. The maximum Gasteiger partial charge on any atom is 0.227 e. The summed E-state index contributed by atoms with van der Waals surface area (Å²) in [5.74, 6) is 1.33. The monoisotopic (exact) mass is 328 g/mol. The number of aromatic nitrogens is 2. The van der Waals surface area contributed by atoms with Crippen LogP contribution in [0, 0.1) is 0 Å². The van der Waals surface area contributed by atoms with E-state index in [4.69, 9.17) is 4.52 Å². The number of nitrogens with zero attached hydrogens (tertiary/aromatic N) is 3.